The standard InChI is InChI=1S/C23H25ClFN3O4S/c1-33(30,31)27-14-18-12-19(24)4-7-21(18)32-15-22(29)28-10-8-23(16-26,9-11-28)13-17-2-5-20(25)6-3-17/h2-7,12,27H,8-11,13-15H2,1H3. The summed E-state index contributed by atoms with van der Waals surface area (Å²) in [5, 5.41) is 10.2. The van der Waals surface area contributed by atoms with Crippen LogP contribution < -0.4 is 9.46 Å². The van der Waals surface area contributed by atoms with Crippen LogP contribution in [0.2, 0.25) is 5.02 Å². The van der Waals surface area contributed by atoms with Gasteiger partial charge < -0.3 is 9.64 Å². The average molecular weight is 494 g/mol. The summed E-state index contributed by atoms with van der Waals surface area (Å²) in [6.07, 6.45) is 2.58. The maximum Gasteiger partial charge on any atom is 0.260 e. The van der Waals surface area contributed by atoms with Crippen molar-refractivity contribution in [2.75, 3.05) is 26.0 Å². The molecule has 176 valence electrons. The van der Waals surface area contributed by atoms with Crippen molar-refractivity contribution in [1.29, 1.82) is 5.26 Å². The molecule has 0 aliphatic carbocycles. The Balaban J connectivity index is 1.57. The van der Waals surface area contributed by atoms with Crippen LogP contribution >= 0.6 is 11.6 Å². The molecule has 2 aromatic carbocycles. The van der Waals surface area contributed by atoms with Gasteiger partial charge in [-0.1, -0.05) is 23.7 Å². The summed E-state index contributed by atoms with van der Waals surface area (Å²) in [5.74, 6) is -0.176. The second-order valence-electron chi connectivity index (χ2n) is 8.21. The molecule has 0 radical (unpaired) electrons. The summed E-state index contributed by atoms with van der Waals surface area (Å²) in [5.41, 5.74) is 0.803. The van der Waals surface area contributed by atoms with Crippen LogP contribution in [0.1, 0.15) is 24.0 Å². The van der Waals surface area contributed by atoms with Gasteiger partial charge >= 0.3 is 0 Å². The molecule has 1 N–H and O–H groups in total. The molecule has 1 saturated heterocycles. The van der Waals surface area contributed by atoms with E-state index in [2.05, 4.69) is 10.8 Å². The minimum atomic E-state index is -3.41. The van der Waals surface area contributed by atoms with Gasteiger partial charge in [0, 0.05) is 30.2 Å². The van der Waals surface area contributed by atoms with Gasteiger partial charge in [-0.25, -0.2) is 17.5 Å². The van der Waals surface area contributed by atoms with E-state index in [0.29, 0.717) is 48.7 Å². The molecule has 0 saturated carbocycles. The van der Waals surface area contributed by atoms with Crippen LogP contribution in [0.25, 0.3) is 0 Å². The van der Waals surface area contributed by atoms with Gasteiger partial charge in [-0.2, -0.15) is 5.26 Å². The molecular weight excluding hydrogens is 469 g/mol. The van der Waals surface area contributed by atoms with Gasteiger partial charge in [0.1, 0.15) is 11.6 Å². The van der Waals surface area contributed by atoms with Gasteiger partial charge in [0.25, 0.3) is 5.91 Å². The molecule has 0 aromatic heterocycles. The number of rotatable bonds is 8. The molecule has 0 bridgehead atoms. The lowest BCUT2D eigenvalue weighted by Crippen LogP contribution is -2.45. The Kier molecular flexibility index (Phi) is 7.95. The number of ether oxygens (including phenoxy) is 1. The lowest BCUT2D eigenvalue weighted by atomic mass is 9.75. The Morgan fingerprint density at radius 3 is 2.52 bits per heavy atom. The maximum absolute atomic E-state index is 13.2. The van der Waals surface area contributed by atoms with Gasteiger partial charge in [-0.05, 0) is 55.2 Å². The largest absolute Gasteiger partial charge is 0.483 e. The molecule has 1 aliphatic heterocycles. The number of amides is 1. The van der Waals surface area contributed by atoms with Gasteiger partial charge in [0.15, 0.2) is 6.61 Å². The minimum absolute atomic E-state index is 0.0132. The van der Waals surface area contributed by atoms with Crippen molar-refractivity contribution < 1.29 is 22.3 Å². The van der Waals surface area contributed by atoms with Crippen LogP contribution in [0.4, 0.5) is 4.39 Å². The molecule has 1 aliphatic rings. The van der Waals surface area contributed by atoms with Crippen molar-refractivity contribution in [3.05, 3.63) is 64.4 Å². The minimum Gasteiger partial charge on any atom is -0.483 e. The van der Waals surface area contributed by atoms with Crippen molar-refractivity contribution in [3.8, 4) is 11.8 Å². The fraction of sp³-hybridized carbons (Fsp3) is 0.391. The van der Waals surface area contributed by atoms with E-state index in [1.807, 2.05) is 0 Å². The first-order valence-corrected chi connectivity index (χ1v) is 12.7. The van der Waals surface area contributed by atoms with Crippen LogP contribution in [-0.2, 0) is 27.8 Å². The second-order valence-corrected chi connectivity index (χ2v) is 10.5. The van der Waals surface area contributed by atoms with Crippen molar-refractivity contribution in [3.63, 3.8) is 0 Å². The van der Waals surface area contributed by atoms with E-state index in [-0.39, 0.29) is 24.9 Å². The zero-order valence-corrected chi connectivity index (χ0v) is 19.8. The van der Waals surface area contributed by atoms with Crippen LogP contribution in [0.5, 0.6) is 5.75 Å². The van der Waals surface area contributed by atoms with Crippen molar-refractivity contribution in [1.82, 2.24) is 9.62 Å². The van der Waals surface area contributed by atoms with Gasteiger partial charge in [0.05, 0.1) is 17.7 Å². The zero-order valence-electron chi connectivity index (χ0n) is 18.2. The first kappa shape index (κ1) is 25.0. The van der Waals surface area contributed by atoms with Crippen molar-refractivity contribution >= 4 is 27.5 Å². The number of nitrogens with one attached hydrogen (secondary N) is 1. The van der Waals surface area contributed by atoms with Crippen molar-refractivity contribution in [2.24, 2.45) is 5.41 Å². The topological polar surface area (TPSA) is 99.5 Å². The molecule has 2 aromatic rings. The molecule has 1 heterocycles. The number of nitrogens with zero attached hydrogens (tertiary/aromatic N) is 2. The average Bonchev–Trinajstić information content (AvgIpc) is 2.78. The zero-order chi connectivity index (χ0) is 24.1. The quantitative estimate of drug-likeness (QED) is 0.608. The fourth-order valence-electron chi connectivity index (χ4n) is 3.77. The van der Waals surface area contributed by atoms with E-state index in [0.717, 1.165) is 11.8 Å². The molecule has 33 heavy (non-hydrogen) atoms. The van der Waals surface area contributed by atoms with E-state index in [9.17, 15) is 22.9 Å². The molecule has 1 amide bonds. The molecule has 10 heteroatoms. The highest BCUT2D eigenvalue weighted by Gasteiger charge is 2.36. The number of nitriles is 1. The second kappa shape index (κ2) is 10.5. The molecule has 7 nitrogen and oxygen atoms in total. The third-order valence-corrected chi connectivity index (χ3v) is 6.57. The Bertz CT molecular complexity index is 1140. The number of sulfonamides is 1. The van der Waals surface area contributed by atoms with Crippen LogP contribution in [0, 0.1) is 22.6 Å². The number of carbonyl (C=O) groups is 1. The summed E-state index contributed by atoms with van der Waals surface area (Å²) >= 11 is 6.00. The number of piperidine rings is 1. The molecule has 3 rings (SSSR count). The lowest BCUT2D eigenvalue weighted by molar-refractivity contribution is -0.135. The molecule has 1 fully saturated rings. The summed E-state index contributed by atoms with van der Waals surface area (Å²) in [6.45, 7) is 0.603. The monoisotopic (exact) mass is 493 g/mol. The molecule has 0 atom stereocenters. The lowest BCUT2D eigenvalue weighted by Gasteiger charge is -2.37. The van der Waals surface area contributed by atoms with Gasteiger partial charge in [-0.3, -0.25) is 4.79 Å². The normalized spacial score (nSPS) is 15.6. The third-order valence-electron chi connectivity index (χ3n) is 5.66. The Morgan fingerprint density at radius 1 is 1.24 bits per heavy atom. The van der Waals surface area contributed by atoms with Crippen LogP contribution in [-0.4, -0.2) is 45.2 Å². The third kappa shape index (κ3) is 7.16. The number of halogens is 2. The summed E-state index contributed by atoms with van der Waals surface area (Å²) < 4.78 is 44.0. The number of carbonyl (C=O) groups excluding carboxylic acids is 1. The predicted molar refractivity (Wildman–Crippen MR) is 123 cm³/mol. The Hall–Kier alpha value is -2.67. The first-order valence-electron chi connectivity index (χ1n) is 10.4. The number of likely N-dealkylation sites (tertiary alicyclic amines) is 1. The van der Waals surface area contributed by atoms with E-state index in [1.165, 1.54) is 12.1 Å². The molecule has 0 spiro atoms. The maximum atomic E-state index is 13.2. The van der Waals surface area contributed by atoms with Gasteiger partial charge in [0.2, 0.25) is 10.0 Å². The SMILES string of the molecule is CS(=O)(=O)NCc1cc(Cl)ccc1OCC(=O)N1CCC(C#N)(Cc2ccc(F)cc2)CC1. The van der Waals surface area contributed by atoms with Crippen LogP contribution in [0.15, 0.2) is 42.5 Å². The van der Waals surface area contributed by atoms with E-state index < -0.39 is 15.4 Å². The van der Waals surface area contributed by atoms with Crippen molar-refractivity contribution in [2.45, 2.75) is 25.8 Å². The number of hydrogen-bond acceptors (Lipinski definition) is 5. The first-order chi connectivity index (χ1) is 15.6. The summed E-state index contributed by atoms with van der Waals surface area (Å²) in [4.78, 5) is 14.4. The number of hydrogen-bond donors (Lipinski definition) is 1. The summed E-state index contributed by atoms with van der Waals surface area (Å²) in [7, 11) is -3.41. The highest BCUT2D eigenvalue weighted by atomic mass is 35.5. The molecule has 0 unspecified atom stereocenters. The predicted octanol–water partition coefficient (Wildman–Crippen LogP) is 3.28. The highest BCUT2D eigenvalue weighted by molar-refractivity contribution is 7.88. The number of benzene rings is 2. The Labute approximate surface area is 198 Å². The smallest absolute Gasteiger partial charge is 0.260 e. The Morgan fingerprint density at radius 2 is 1.91 bits per heavy atom. The van der Waals surface area contributed by atoms with Crippen LogP contribution in [0.3, 0.4) is 0 Å². The van der Waals surface area contributed by atoms with E-state index in [4.69, 9.17) is 16.3 Å². The van der Waals surface area contributed by atoms with E-state index in [1.54, 1.807) is 35.2 Å². The van der Waals surface area contributed by atoms with Gasteiger partial charge in [-0.15, -0.1) is 0 Å². The van der Waals surface area contributed by atoms with E-state index >= 15 is 0 Å². The molecular formula is C23H25ClFN3O4S. The summed E-state index contributed by atoms with van der Waals surface area (Å²) in [6, 6.07) is 13.3. The highest BCUT2D eigenvalue weighted by Crippen LogP contribution is 2.34. The fourth-order valence-corrected chi connectivity index (χ4v) is 4.38.